The van der Waals surface area contributed by atoms with Crippen LogP contribution in [0.4, 0.5) is 15.8 Å². The van der Waals surface area contributed by atoms with Crippen LogP contribution in [-0.4, -0.2) is 44.1 Å². The molecule has 1 atom stereocenters. The van der Waals surface area contributed by atoms with E-state index in [9.17, 15) is 9.18 Å². The van der Waals surface area contributed by atoms with Gasteiger partial charge in [0.05, 0.1) is 29.0 Å². The summed E-state index contributed by atoms with van der Waals surface area (Å²) in [5.74, 6) is 0.204. The molecule has 1 fully saturated rings. The molecular weight excluding hydrogens is 463 g/mol. The van der Waals surface area contributed by atoms with Crippen LogP contribution < -0.4 is 11.1 Å². The van der Waals surface area contributed by atoms with Gasteiger partial charge < -0.3 is 15.8 Å². The van der Waals surface area contributed by atoms with E-state index in [1.807, 2.05) is 16.7 Å². The molecule has 0 unspecified atom stereocenters. The number of benzene rings is 1. The van der Waals surface area contributed by atoms with Gasteiger partial charge in [0.25, 0.3) is 0 Å². The smallest absolute Gasteiger partial charge is 0.234 e. The molecule has 0 spiro atoms. The number of rotatable bonds is 7. The van der Waals surface area contributed by atoms with E-state index in [0.717, 1.165) is 34.5 Å². The molecule has 0 radical (unpaired) electrons. The maximum absolute atomic E-state index is 13.1. The van der Waals surface area contributed by atoms with Crippen LogP contribution in [0.3, 0.4) is 0 Å². The zero-order valence-electron chi connectivity index (χ0n) is 17.5. The first kappa shape index (κ1) is 21.8. The minimum absolute atomic E-state index is 0.0564. The molecule has 4 heterocycles. The number of ether oxygens (including phenoxy) is 1. The molecule has 0 saturated carbocycles. The Balaban J connectivity index is 1.39. The molecule has 1 aromatic carbocycles. The van der Waals surface area contributed by atoms with E-state index in [-0.39, 0.29) is 23.6 Å². The summed E-state index contributed by atoms with van der Waals surface area (Å²) in [5, 5.41) is 13.0. The fraction of sp³-hybridized carbons (Fsp3) is 0.273. The first-order valence-electron chi connectivity index (χ1n) is 10.4. The van der Waals surface area contributed by atoms with Gasteiger partial charge in [0.15, 0.2) is 11.0 Å². The van der Waals surface area contributed by atoms with E-state index in [0.29, 0.717) is 28.9 Å². The van der Waals surface area contributed by atoms with Gasteiger partial charge in [0, 0.05) is 23.9 Å². The number of carbonyl (C=O) groups is 1. The highest BCUT2D eigenvalue weighted by Crippen LogP contribution is 2.40. The van der Waals surface area contributed by atoms with Crippen molar-refractivity contribution < 1.29 is 13.9 Å². The van der Waals surface area contributed by atoms with Gasteiger partial charge in [-0.3, -0.25) is 9.36 Å². The summed E-state index contributed by atoms with van der Waals surface area (Å²) in [6, 6.07) is 9.44. The Labute approximate surface area is 197 Å². The van der Waals surface area contributed by atoms with Crippen molar-refractivity contribution in [2.24, 2.45) is 0 Å². The molecule has 1 aliphatic rings. The van der Waals surface area contributed by atoms with Gasteiger partial charge in [0.2, 0.25) is 5.91 Å². The minimum atomic E-state index is -0.354. The summed E-state index contributed by atoms with van der Waals surface area (Å²) in [7, 11) is 0. The molecule has 1 saturated heterocycles. The number of pyridine rings is 1. The van der Waals surface area contributed by atoms with E-state index in [1.54, 1.807) is 6.20 Å². The first-order chi connectivity index (χ1) is 16.1. The highest BCUT2D eigenvalue weighted by molar-refractivity contribution is 7.99. The van der Waals surface area contributed by atoms with Crippen molar-refractivity contribution in [3.05, 3.63) is 48.4 Å². The van der Waals surface area contributed by atoms with Crippen molar-refractivity contribution in [3.8, 4) is 10.7 Å². The summed E-state index contributed by atoms with van der Waals surface area (Å²) in [6.45, 7) is 1.31. The molecule has 33 heavy (non-hydrogen) atoms. The second-order valence-electron chi connectivity index (χ2n) is 7.60. The highest BCUT2D eigenvalue weighted by atomic mass is 32.2. The summed E-state index contributed by atoms with van der Waals surface area (Å²) < 4.78 is 20.9. The normalized spacial score (nSPS) is 15.8. The average molecular weight is 485 g/mol. The number of hydrogen-bond donors (Lipinski definition) is 2. The number of fused-ring (bicyclic) bond motifs is 1. The van der Waals surface area contributed by atoms with E-state index in [1.165, 1.54) is 47.4 Å². The maximum Gasteiger partial charge on any atom is 0.234 e. The third-order valence-electron chi connectivity index (χ3n) is 5.30. The monoisotopic (exact) mass is 484 g/mol. The zero-order chi connectivity index (χ0) is 22.8. The van der Waals surface area contributed by atoms with Crippen LogP contribution in [-0.2, 0) is 16.1 Å². The number of thioether (sulfide) groups is 1. The lowest BCUT2D eigenvalue weighted by molar-refractivity contribution is -0.113. The van der Waals surface area contributed by atoms with Crippen molar-refractivity contribution in [2.75, 3.05) is 23.4 Å². The molecule has 5 rings (SSSR count). The number of aromatic nitrogens is 4. The number of hydrogen-bond acceptors (Lipinski definition) is 8. The molecule has 3 aromatic heterocycles. The van der Waals surface area contributed by atoms with Crippen molar-refractivity contribution >= 4 is 50.6 Å². The lowest BCUT2D eigenvalue weighted by atomic mass is 10.2. The largest absolute Gasteiger partial charge is 0.397 e. The molecule has 1 aliphatic heterocycles. The number of nitrogen functional groups attached to an aromatic ring is 1. The summed E-state index contributed by atoms with van der Waals surface area (Å²) >= 11 is 2.76. The molecule has 8 nitrogen and oxygen atoms in total. The predicted octanol–water partition coefficient (Wildman–Crippen LogP) is 4.19. The Hall–Kier alpha value is -3.02. The number of nitrogens with two attached hydrogens (primary N) is 1. The number of nitrogens with zero attached hydrogens (tertiary/aromatic N) is 4. The quantitative estimate of drug-likeness (QED) is 0.379. The third-order valence-corrected chi connectivity index (χ3v) is 7.39. The zero-order valence-corrected chi connectivity index (χ0v) is 19.2. The fourth-order valence-electron chi connectivity index (χ4n) is 3.70. The first-order valence-corrected chi connectivity index (χ1v) is 12.2. The number of thiophene rings is 1. The molecule has 0 aliphatic carbocycles. The van der Waals surface area contributed by atoms with Gasteiger partial charge in [-0.2, -0.15) is 0 Å². The molecule has 170 valence electrons. The molecule has 11 heteroatoms. The SMILES string of the molecule is Nc1c(-c2nnc(SCC(=O)Nc3ccc(F)cc3)n2C[C@@H]2CCCO2)sc2ncccc12. The second kappa shape index (κ2) is 9.46. The molecule has 3 N–H and O–H groups in total. The van der Waals surface area contributed by atoms with E-state index in [4.69, 9.17) is 10.5 Å². The summed E-state index contributed by atoms with van der Waals surface area (Å²) in [5.41, 5.74) is 7.59. The topological polar surface area (TPSA) is 108 Å². The molecule has 0 bridgehead atoms. The summed E-state index contributed by atoms with van der Waals surface area (Å²) in [4.78, 5) is 18.5. The Morgan fingerprint density at radius 1 is 1.30 bits per heavy atom. The second-order valence-corrected chi connectivity index (χ2v) is 9.54. The van der Waals surface area contributed by atoms with Crippen LogP contribution in [0.1, 0.15) is 12.8 Å². The fourth-order valence-corrected chi connectivity index (χ4v) is 5.50. The van der Waals surface area contributed by atoms with Gasteiger partial charge in [-0.25, -0.2) is 9.37 Å². The Morgan fingerprint density at radius 3 is 2.91 bits per heavy atom. The van der Waals surface area contributed by atoms with Crippen molar-refractivity contribution in [2.45, 2.75) is 30.6 Å². The van der Waals surface area contributed by atoms with Crippen molar-refractivity contribution in [1.82, 2.24) is 19.7 Å². The number of anilines is 2. The number of amides is 1. The van der Waals surface area contributed by atoms with E-state index >= 15 is 0 Å². The van der Waals surface area contributed by atoms with Crippen molar-refractivity contribution in [1.29, 1.82) is 0 Å². The van der Waals surface area contributed by atoms with Crippen LogP contribution in [0, 0.1) is 5.82 Å². The lowest BCUT2D eigenvalue weighted by Crippen LogP contribution is -2.18. The van der Waals surface area contributed by atoms with Crippen LogP contribution >= 0.6 is 23.1 Å². The Bertz CT molecular complexity index is 1280. The van der Waals surface area contributed by atoms with E-state index in [2.05, 4.69) is 20.5 Å². The van der Waals surface area contributed by atoms with Gasteiger partial charge in [0.1, 0.15) is 10.6 Å². The third kappa shape index (κ3) is 4.70. The molecular formula is C22H21FN6O2S2. The lowest BCUT2D eigenvalue weighted by Gasteiger charge is -2.14. The van der Waals surface area contributed by atoms with Gasteiger partial charge >= 0.3 is 0 Å². The van der Waals surface area contributed by atoms with Crippen LogP contribution in [0.25, 0.3) is 20.9 Å². The van der Waals surface area contributed by atoms with Gasteiger partial charge in [-0.15, -0.1) is 21.5 Å². The highest BCUT2D eigenvalue weighted by Gasteiger charge is 2.25. The number of nitrogens with one attached hydrogen (secondary N) is 1. The predicted molar refractivity (Wildman–Crippen MR) is 128 cm³/mol. The van der Waals surface area contributed by atoms with Gasteiger partial charge in [-0.1, -0.05) is 11.8 Å². The maximum atomic E-state index is 13.1. The van der Waals surface area contributed by atoms with Crippen LogP contribution in [0.15, 0.2) is 47.8 Å². The minimum Gasteiger partial charge on any atom is -0.397 e. The Kier molecular flexibility index (Phi) is 6.25. The van der Waals surface area contributed by atoms with Crippen molar-refractivity contribution in [3.63, 3.8) is 0 Å². The van der Waals surface area contributed by atoms with Crippen LogP contribution in [0.2, 0.25) is 0 Å². The van der Waals surface area contributed by atoms with Gasteiger partial charge in [-0.05, 0) is 49.2 Å². The summed E-state index contributed by atoms with van der Waals surface area (Å²) in [6.07, 6.45) is 3.76. The standard InChI is InChI=1S/C22H21FN6O2S2/c23-13-5-7-14(8-6-13)26-17(30)12-32-22-28-27-20(29(22)11-15-3-2-10-31-15)19-18(24)16-4-1-9-25-21(16)33-19/h1,4-9,15H,2-3,10-12,24H2,(H,26,30)/t15-/m0/s1. The Morgan fingerprint density at radius 2 is 2.15 bits per heavy atom. The average Bonchev–Trinajstić information content (AvgIpc) is 3.55. The molecule has 4 aromatic rings. The number of carbonyl (C=O) groups excluding carboxylic acids is 1. The number of halogens is 1. The van der Waals surface area contributed by atoms with Crippen LogP contribution in [0.5, 0.6) is 0 Å². The molecule has 1 amide bonds. The van der Waals surface area contributed by atoms with E-state index < -0.39 is 0 Å².